The van der Waals surface area contributed by atoms with Gasteiger partial charge in [-0.1, -0.05) is 42.5 Å². The van der Waals surface area contributed by atoms with Crippen molar-refractivity contribution < 1.29 is 9.59 Å². The molecule has 0 radical (unpaired) electrons. The Kier molecular flexibility index (Phi) is 4.39. The molecule has 1 atom stereocenters. The molecule has 4 rings (SSSR count). The first kappa shape index (κ1) is 16.3. The molecule has 1 fully saturated rings. The zero-order valence-corrected chi connectivity index (χ0v) is 14.3. The van der Waals surface area contributed by atoms with Gasteiger partial charge in [-0.25, -0.2) is 0 Å². The quantitative estimate of drug-likeness (QED) is 0.766. The lowest BCUT2D eigenvalue weighted by atomic mass is 10.0. The fourth-order valence-corrected chi connectivity index (χ4v) is 3.47. The van der Waals surface area contributed by atoms with Gasteiger partial charge in [-0.2, -0.15) is 5.10 Å². The van der Waals surface area contributed by atoms with Crippen LogP contribution in [0, 0.1) is 0 Å². The van der Waals surface area contributed by atoms with Crippen molar-refractivity contribution in [2.24, 2.45) is 0 Å². The van der Waals surface area contributed by atoms with Crippen LogP contribution in [0.3, 0.4) is 0 Å². The van der Waals surface area contributed by atoms with Crippen LogP contribution in [0.5, 0.6) is 0 Å². The predicted octanol–water partition coefficient (Wildman–Crippen LogP) is 1.95. The molecular formula is C20H20N4O2. The summed E-state index contributed by atoms with van der Waals surface area (Å²) in [4.78, 5) is 26.3. The van der Waals surface area contributed by atoms with E-state index < -0.39 is 0 Å². The molecule has 1 aromatic heterocycles. The van der Waals surface area contributed by atoms with Crippen molar-refractivity contribution in [3.8, 4) is 0 Å². The largest absolute Gasteiger partial charge is 0.349 e. The SMILES string of the molecule is O=C(Cn1cccn1)N[C@@H]1CC(=O)N(Cc2cccc3ccccc23)C1. The van der Waals surface area contributed by atoms with Gasteiger partial charge < -0.3 is 10.2 Å². The maximum atomic E-state index is 12.4. The summed E-state index contributed by atoms with van der Waals surface area (Å²) >= 11 is 0. The molecule has 1 aliphatic heterocycles. The molecule has 0 saturated carbocycles. The highest BCUT2D eigenvalue weighted by atomic mass is 16.2. The number of carbonyl (C=O) groups excluding carboxylic acids is 2. The zero-order chi connectivity index (χ0) is 17.9. The minimum Gasteiger partial charge on any atom is -0.349 e. The van der Waals surface area contributed by atoms with Crippen molar-refractivity contribution in [2.45, 2.75) is 25.6 Å². The van der Waals surface area contributed by atoms with Gasteiger partial charge in [-0.05, 0) is 22.4 Å². The fourth-order valence-electron chi connectivity index (χ4n) is 3.47. The molecule has 3 aromatic rings. The Bertz CT molecular complexity index is 931. The van der Waals surface area contributed by atoms with Gasteiger partial charge in [-0.15, -0.1) is 0 Å². The Balaban J connectivity index is 1.41. The molecular weight excluding hydrogens is 328 g/mol. The van der Waals surface area contributed by atoms with Crippen molar-refractivity contribution in [1.29, 1.82) is 0 Å². The predicted molar refractivity (Wildman–Crippen MR) is 98.1 cm³/mol. The fraction of sp³-hybridized carbons (Fsp3) is 0.250. The number of rotatable bonds is 5. The van der Waals surface area contributed by atoms with Crippen LogP contribution in [0.2, 0.25) is 0 Å². The Labute approximate surface area is 151 Å². The van der Waals surface area contributed by atoms with E-state index in [4.69, 9.17) is 0 Å². The lowest BCUT2D eigenvalue weighted by Crippen LogP contribution is -2.38. The highest BCUT2D eigenvalue weighted by Gasteiger charge is 2.30. The first-order chi connectivity index (χ1) is 12.7. The Morgan fingerprint density at radius 2 is 2.00 bits per heavy atom. The van der Waals surface area contributed by atoms with Crippen molar-refractivity contribution in [3.05, 3.63) is 66.5 Å². The summed E-state index contributed by atoms with van der Waals surface area (Å²) in [6.07, 6.45) is 3.72. The number of aromatic nitrogens is 2. The van der Waals surface area contributed by atoms with Gasteiger partial charge in [0.25, 0.3) is 0 Å². The molecule has 0 unspecified atom stereocenters. The molecule has 0 bridgehead atoms. The van der Waals surface area contributed by atoms with E-state index in [0.29, 0.717) is 19.5 Å². The smallest absolute Gasteiger partial charge is 0.242 e. The minimum absolute atomic E-state index is 0.0716. The van der Waals surface area contributed by atoms with Gasteiger partial charge in [0.2, 0.25) is 11.8 Å². The third-order valence-electron chi connectivity index (χ3n) is 4.69. The van der Waals surface area contributed by atoms with E-state index in [9.17, 15) is 9.59 Å². The summed E-state index contributed by atoms with van der Waals surface area (Å²) in [5.74, 6) is -0.0548. The molecule has 26 heavy (non-hydrogen) atoms. The lowest BCUT2D eigenvalue weighted by molar-refractivity contribution is -0.128. The van der Waals surface area contributed by atoms with Crippen molar-refractivity contribution in [3.63, 3.8) is 0 Å². The highest BCUT2D eigenvalue weighted by molar-refractivity contribution is 5.87. The lowest BCUT2D eigenvalue weighted by Gasteiger charge is -2.18. The zero-order valence-electron chi connectivity index (χ0n) is 14.3. The molecule has 0 aliphatic carbocycles. The molecule has 6 heteroatoms. The van der Waals surface area contributed by atoms with E-state index in [-0.39, 0.29) is 24.4 Å². The van der Waals surface area contributed by atoms with E-state index in [1.807, 2.05) is 23.1 Å². The second-order valence-corrected chi connectivity index (χ2v) is 6.58. The maximum absolute atomic E-state index is 12.4. The Hall–Kier alpha value is -3.15. The number of nitrogens with zero attached hydrogens (tertiary/aromatic N) is 3. The van der Waals surface area contributed by atoms with Crippen LogP contribution in [0.25, 0.3) is 10.8 Å². The molecule has 1 saturated heterocycles. The van der Waals surface area contributed by atoms with Crippen LogP contribution in [-0.4, -0.2) is 39.1 Å². The maximum Gasteiger partial charge on any atom is 0.242 e. The Morgan fingerprint density at radius 3 is 2.85 bits per heavy atom. The molecule has 132 valence electrons. The normalized spacial score (nSPS) is 17.0. The number of amides is 2. The monoisotopic (exact) mass is 348 g/mol. The van der Waals surface area contributed by atoms with Gasteiger partial charge >= 0.3 is 0 Å². The standard InChI is InChI=1S/C20H20N4O2/c25-19(14-24-10-4-9-21-24)22-17-11-20(26)23(13-17)12-16-7-3-6-15-5-1-2-8-18(15)16/h1-10,17H,11-14H2,(H,22,25)/t17-/m1/s1. The average molecular weight is 348 g/mol. The van der Waals surface area contributed by atoms with Crippen molar-refractivity contribution in [1.82, 2.24) is 20.0 Å². The molecule has 1 aliphatic rings. The van der Waals surface area contributed by atoms with Crippen LogP contribution < -0.4 is 5.32 Å². The van der Waals surface area contributed by atoms with E-state index in [2.05, 4.69) is 34.7 Å². The molecule has 2 aromatic carbocycles. The van der Waals surface area contributed by atoms with E-state index >= 15 is 0 Å². The van der Waals surface area contributed by atoms with Gasteiger partial charge in [0.05, 0.1) is 6.04 Å². The van der Waals surface area contributed by atoms with Gasteiger partial charge in [0, 0.05) is 31.9 Å². The van der Waals surface area contributed by atoms with Crippen LogP contribution in [-0.2, 0) is 22.7 Å². The summed E-state index contributed by atoms with van der Waals surface area (Å²) in [7, 11) is 0. The number of carbonyl (C=O) groups is 2. The van der Waals surface area contributed by atoms with E-state index in [0.717, 1.165) is 10.9 Å². The summed E-state index contributed by atoms with van der Waals surface area (Å²) in [6.45, 7) is 1.26. The van der Waals surface area contributed by atoms with Crippen LogP contribution in [0.4, 0.5) is 0 Å². The summed E-state index contributed by atoms with van der Waals surface area (Å²) < 4.78 is 1.57. The van der Waals surface area contributed by atoms with Gasteiger partial charge in [0.1, 0.15) is 6.54 Å². The number of nitrogens with one attached hydrogen (secondary N) is 1. The molecule has 6 nitrogen and oxygen atoms in total. The van der Waals surface area contributed by atoms with Crippen molar-refractivity contribution in [2.75, 3.05) is 6.54 Å². The second-order valence-electron chi connectivity index (χ2n) is 6.58. The number of fused-ring (bicyclic) bond motifs is 1. The first-order valence-corrected chi connectivity index (χ1v) is 8.70. The third-order valence-corrected chi connectivity index (χ3v) is 4.69. The molecule has 2 amide bonds. The third kappa shape index (κ3) is 3.44. The molecule has 0 spiro atoms. The molecule has 1 N–H and O–H groups in total. The van der Waals surface area contributed by atoms with E-state index in [1.165, 1.54) is 5.39 Å². The number of benzene rings is 2. The number of likely N-dealkylation sites (tertiary alicyclic amines) is 1. The number of hydrogen-bond donors (Lipinski definition) is 1. The minimum atomic E-state index is -0.152. The first-order valence-electron chi connectivity index (χ1n) is 8.70. The molecule has 2 heterocycles. The van der Waals surface area contributed by atoms with Crippen LogP contribution in [0.15, 0.2) is 60.9 Å². The van der Waals surface area contributed by atoms with Gasteiger partial charge in [-0.3, -0.25) is 14.3 Å². The average Bonchev–Trinajstić information content (AvgIpc) is 3.25. The highest BCUT2D eigenvalue weighted by Crippen LogP contribution is 2.22. The summed E-state index contributed by atoms with van der Waals surface area (Å²) in [5.41, 5.74) is 1.12. The second kappa shape index (κ2) is 7.00. The van der Waals surface area contributed by atoms with Crippen LogP contribution >= 0.6 is 0 Å². The topological polar surface area (TPSA) is 67.2 Å². The summed E-state index contributed by atoms with van der Waals surface area (Å²) in [5, 5.41) is 9.29. The Morgan fingerprint density at radius 1 is 1.15 bits per heavy atom. The van der Waals surface area contributed by atoms with E-state index in [1.54, 1.807) is 23.1 Å². The summed E-state index contributed by atoms with van der Waals surface area (Å²) in [6, 6.07) is 15.9. The van der Waals surface area contributed by atoms with Gasteiger partial charge in [0.15, 0.2) is 0 Å². The van der Waals surface area contributed by atoms with Crippen molar-refractivity contribution >= 4 is 22.6 Å². The number of hydrogen-bond acceptors (Lipinski definition) is 3. The van der Waals surface area contributed by atoms with Crippen LogP contribution in [0.1, 0.15) is 12.0 Å².